The van der Waals surface area contributed by atoms with E-state index in [4.69, 9.17) is 10.8 Å². The summed E-state index contributed by atoms with van der Waals surface area (Å²) in [5, 5.41) is 8.64. The van der Waals surface area contributed by atoms with Crippen LogP contribution in [0.2, 0.25) is 0 Å². The van der Waals surface area contributed by atoms with Gasteiger partial charge in [0.15, 0.2) is 0 Å². The molecule has 0 fully saturated rings. The Balaban J connectivity index is 4.19. The lowest BCUT2D eigenvalue weighted by molar-refractivity contribution is -0.135. The topological polar surface area (TPSA) is 66.6 Å². The predicted octanol–water partition coefficient (Wildman–Crippen LogP) is -1.22. The van der Waals surface area contributed by atoms with Crippen molar-refractivity contribution in [3.8, 4) is 0 Å². The first-order chi connectivity index (χ1) is 4.41. The van der Waals surface area contributed by atoms with Crippen LogP contribution in [0.5, 0.6) is 0 Å². The minimum absolute atomic E-state index is 0.269. The molecule has 4 heteroatoms. The van der Waals surface area contributed by atoms with Crippen molar-refractivity contribution in [1.29, 1.82) is 0 Å². The molecule has 1 atom stereocenters. The van der Waals surface area contributed by atoms with Gasteiger partial charge in [-0.05, 0) is 6.92 Å². The summed E-state index contributed by atoms with van der Waals surface area (Å²) in [6.07, 6.45) is 0. The number of carbonyl (C=O) groups is 1. The first-order valence-electron chi connectivity index (χ1n) is 3.03. The molecule has 4 nitrogen and oxygen atoms in total. The summed E-state index contributed by atoms with van der Waals surface area (Å²) in [5.41, 5.74) is 4.28. The van der Waals surface area contributed by atoms with Gasteiger partial charge in [0.2, 0.25) is 5.91 Å². The van der Waals surface area contributed by atoms with E-state index in [0.29, 0.717) is 0 Å². The monoisotopic (exact) mass is 146 g/mol. The number of hydrogen-bond donors (Lipinski definition) is 2. The molecule has 0 aromatic carbocycles. The van der Waals surface area contributed by atoms with Crippen molar-refractivity contribution in [2.24, 2.45) is 5.73 Å². The van der Waals surface area contributed by atoms with Crippen LogP contribution in [0.4, 0.5) is 0 Å². The Labute approximate surface area is 60.6 Å². The van der Waals surface area contributed by atoms with E-state index in [1.54, 1.807) is 14.1 Å². The molecule has 10 heavy (non-hydrogen) atoms. The van der Waals surface area contributed by atoms with Crippen molar-refractivity contribution in [3.05, 3.63) is 0 Å². The highest BCUT2D eigenvalue weighted by atomic mass is 16.3. The van der Waals surface area contributed by atoms with E-state index in [9.17, 15) is 4.79 Å². The molecule has 1 unspecified atom stereocenters. The highest BCUT2D eigenvalue weighted by Crippen LogP contribution is 2.00. The molecule has 0 bridgehead atoms. The smallest absolute Gasteiger partial charge is 0.244 e. The highest BCUT2D eigenvalue weighted by Gasteiger charge is 2.28. The van der Waals surface area contributed by atoms with Crippen molar-refractivity contribution in [2.45, 2.75) is 12.5 Å². The molecule has 0 rings (SSSR count). The Hall–Kier alpha value is -0.610. The average Bonchev–Trinajstić information content (AvgIpc) is 1.86. The minimum Gasteiger partial charge on any atom is -0.394 e. The van der Waals surface area contributed by atoms with E-state index >= 15 is 0 Å². The molecule has 60 valence electrons. The Kier molecular flexibility index (Phi) is 2.80. The van der Waals surface area contributed by atoms with E-state index in [1.165, 1.54) is 11.8 Å². The van der Waals surface area contributed by atoms with Crippen molar-refractivity contribution >= 4 is 5.91 Å². The van der Waals surface area contributed by atoms with Crippen LogP contribution in [-0.2, 0) is 4.79 Å². The van der Waals surface area contributed by atoms with E-state index in [0.717, 1.165) is 0 Å². The van der Waals surface area contributed by atoms with Gasteiger partial charge in [-0.2, -0.15) is 0 Å². The third-order valence-corrected chi connectivity index (χ3v) is 1.22. The maximum absolute atomic E-state index is 11.0. The predicted molar refractivity (Wildman–Crippen MR) is 38.4 cm³/mol. The Morgan fingerprint density at radius 2 is 2.10 bits per heavy atom. The van der Waals surface area contributed by atoms with Gasteiger partial charge in [0.05, 0.1) is 6.61 Å². The van der Waals surface area contributed by atoms with Crippen LogP contribution in [0, 0.1) is 0 Å². The standard InChI is InChI=1S/C6H14N2O2/c1-6(7,4-9)5(10)8(2)3/h9H,4,7H2,1-3H3. The molecule has 0 aromatic rings. The summed E-state index contributed by atoms with van der Waals surface area (Å²) < 4.78 is 0. The van der Waals surface area contributed by atoms with Gasteiger partial charge >= 0.3 is 0 Å². The summed E-state index contributed by atoms with van der Waals surface area (Å²) >= 11 is 0. The fourth-order valence-electron chi connectivity index (χ4n) is 0.578. The fourth-order valence-corrected chi connectivity index (χ4v) is 0.578. The van der Waals surface area contributed by atoms with Crippen LogP contribution >= 0.6 is 0 Å². The lowest BCUT2D eigenvalue weighted by Crippen LogP contribution is -2.53. The van der Waals surface area contributed by atoms with Gasteiger partial charge in [-0.1, -0.05) is 0 Å². The number of carbonyl (C=O) groups excluding carboxylic acids is 1. The Bertz CT molecular complexity index is 132. The van der Waals surface area contributed by atoms with Gasteiger partial charge in [0.25, 0.3) is 0 Å². The number of aliphatic hydroxyl groups is 1. The number of likely N-dealkylation sites (N-methyl/N-ethyl adjacent to an activating group) is 1. The van der Waals surface area contributed by atoms with Crippen molar-refractivity contribution in [2.75, 3.05) is 20.7 Å². The highest BCUT2D eigenvalue weighted by molar-refractivity contribution is 5.85. The van der Waals surface area contributed by atoms with Gasteiger partial charge in [0.1, 0.15) is 5.54 Å². The molecular weight excluding hydrogens is 132 g/mol. The Morgan fingerprint density at radius 1 is 1.70 bits per heavy atom. The van der Waals surface area contributed by atoms with Crippen LogP contribution in [0.15, 0.2) is 0 Å². The number of nitrogens with two attached hydrogens (primary N) is 1. The number of amides is 1. The number of nitrogens with zero attached hydrogens (tertiary/aromatic N) is 1. The van der Waals surface area contributed by atoms with Crippen LogP contribution in [0.1, 0.15) is 6.92 Å². The van der Waals surface area contributed by atoms with Crippen LogP contribution in [0.25, 0.3) is 0 Å². The summed E-state index contributed by atoms with van der Waals surface area (Å²) in [6, 6.07) is 0. The third-order valence-electron chi connectivity index (χ3n) is 1.22. The van der Waals surface area contributed by atoms with E-state index < -0.39 is 5.54 Å². The van der Waals surface area contributed by atoms with E-state index in [1.807, 2.05) is 0 Å². The van der Waals surface area contributed by atoms with Crippen molar-refractivity contribution in [1.82, 2.24) is 4.90 Å². The van der Waals surface area contributed by atoms with Crippen molar-refractivity contribution in [3.63, 3.8) is 0 Å². The first kappa shape index (κ1) is 9.39. The summed E-state index contributed by atoms with van der Waals surface area (Å²) in [4.78, 5) is 12.4. The number of rotatable bonds is 2. The molecule has 0 spiro atoms. The zero-order valence-electron chi connectivity index (χ0n) is 6.59. The molecule has 0 radical (unpaired) electrons. The van der Waals surface area contributed by atoms with Crippen LogP contribution in [0.3, 0.4) is 0 Å². The molecule has 0 aliphatic carbocycles. The minimum atomic E-state index is -1.14. The second-order valence-corrected chi connectivity index (χ2v) is 2.78. The molecular formula is C6H14N2O2. The van der Waals surface area contributed by atoms with Crippen LogP contribution in [-0.4, -0.2) is 42.2 Å². The molecule has 0 aliphatic rings. The molecule has 1 amide bonds. The summed E-state index contributed by atoms with van der Waals surface area (Å²) in [6.45, 7) is 1.17. The Morgan fingerprint density at radius 3 is 2.20 bits per heavy atom. The molecule has 0 saturated carbocycles. The zero-order valence-corrected chi connectivity index (χ0v) is 6.59. The zero-order chi connectivity index (χ0) is 8.36. The first-order valence-corrected chi connectivity index (χ1v) is 3.03. The fraction of sp³-hybridized carbons (Fsp3) is 0.833. The molecule has 0 heterocycles. The average molecular weight is 146 g/mol. The second kappa shape index (κ2) is 2.98. The maximum atomic E-state index is 11.0. The van der Waals surface area contributed by atoms with Gasteiger partial charge in [-0.25, -0.2) is 0 Å². The van der Waals surface area contributed by atoms with Gasteiger partial charge in [0, 0.05) is 14.1 Å². The van der Waals surface area contributed by atoms with E-state index in [-0.39, 0.29) is 12.5 Å². The van der Waals surface area contributed by atoms with Gasteiger partial charge in [-0.15, -0.1) is 0 Å². The largest absolute Gasteiger partial charge is 0.394 e. The van der Waals surface area contributed by atoms with Crippen molar-refractivity contribution < 1.29 is 9.90 Å². The number of aliphatic hydroxyl groups excluding tert-OH is 1. The lowest BCUT2D eigenvalue weighted by atomic mass is 10.0. The van der Waals surface area contributed by atoms with E-state index in [2.05, 4.69) is 0 Å². The van der Waals surface area contributed by atoms with Crippen LogP contribution < -0.4 is 5.73 Å². The SMILES string of the molecule is CN(C)C(=O)C(C)(N)CO. The van der Waals surface area contributed by atoms with Gasteiger partial charge < -0.3 is 15.7 Å². The lowest BCUT2D eigenvalue weighted by Gasteiger charge is -2.24. The number of hydrogen-bond acceptors (Lipinski definition) is 3. The molecule has 3 N–H and O–H groups in total. The summed E-state index contributed by atoms with van der Waals surface area (Å²) in [5.74, 6) is -0.269. The molecule has 0 aliphatic heterocycles. The third kappa shape index (κ3) is 1.97. The molecule has 0 aromatic heterocycles. The maximum Gasteiger partial charge on any atom is 0.244 e. The summed E-state index contributed by atoms with van der Waals surface area (Å²) in [7, 11) is 3.20. The quantitative estimate of drug-likeness (QED) is 0.513. The second-order valence-electron chi connectivity index (χ2n) is 2.78. The van der Waals surface area contributed by atoms with Gasteiger partial charge in [-0.3, -0.25) is 4.79 Å². The molecule has 0 saturated heterocycles. The normalized spacial score (nSPS) is 16.1.